The fourth-order valence-electron chi connectivity index (χ4n) is 1.97. The van der Waals surface area contributed by atoms with Gasteiger partial charge in [0.1, 0.15) is 6.54 Å². The average Bonchev–Trinajstić information content (AvgIpc) is 2.86. The molecule has 0 aromatic carbocycles. The molecule has 0 atom stereocenters. The molecule has 0 amide bonds. The first-order chi connectivity index (χ1) is 8.97. The smallest absolute Gasteiger partial charge is 0.248 e. The lowest BCUT2D eigenvalue weighted by molar-refractivity contribution is 0.355. The number of rotatable bonds is 5. The van der Waals surface area contributed by atoms with Crippen LogP contribution in [0.15, 0.2) is 4.52 Å². The predicted octanol–water partition coefficient (Wildman–Crippen LogP) is 1.61. The lowest BCUT2D eigenvalue weighted by Crippen LogP contribution is -2.09. The lowest BCUT2D eigenvalue weighted by atomic mass is 10.1. The molecular weight excluding hydrogens is 244 g/mol. The van der Waals surface area contributed by atoms with Crippen LogP contribution in [0, 0.1) is 5.92 Å². The Kier molecular flexibility index (Phi) is 3.82. The van der Waals surface area contributed by atoms with Crippen LogP contribution in [0.5, 0.6) is 0 Å². The minimum Gasteiger partial charge on any atom is -0.381 e. The van der Waals surface area contributed by atoms with Gasteiger partial charge in [0.15, 0.2) is 11.6 Å². The highest BCUT2D eigenvalue weighted by atomic mass is 16.5. The highest BCUT2D eigenvalue weighted by molar-refractivity contribution is 5.35. The van der Waals surface area contributed by atoms with Crippen molar-refractivity contribution in [3.8, 4) is 0 Å². The Morgan fingerprint density at radius 2 is 2.00 bits per heavy atom. The molecule has 7 heteroatoms. The van der Waals surface area contributed by atoms with E-state index >= 15 is 0 Å². The number of aromatic nitrogens is 5. The van der Waals surface area contributed by atoms with Crippen LogP contribution in [-0.4, -0.2) is 25.1 Å². The van der Waals surface area contributed by atoms with Gasteiger partial charge in [0, 0.05) is 6.42 Å². The number of hydrogen-bond acceptors (Lipinski definition) is 6. The minimum absolute atomic E-state index is 0.244. The highest BCUT2D eigenvalue weighted by Crippen LogP contribution is 2.19. The van der Waals surface area contributed by atoms with E-state index in [0.717, 1.165) is 17.9 Å². The van der Waals surface area contributed by atoms with Gasteiger partial charge in [0.2, 0.25) is 5.89 Å². The maximum atomic E-state index is 5.81. The van der Waals surface area contributed by atoms with E-state index in [-0.39, 0.29) is 5.92 Å². The van der Waals surface area contributed by atoms with Crippen LogP contribution >= 0.6 is 0 Å². The molecule has 0 aliphatic rings. The van der Waals surface area contributed by atoms with Crippen molar-refractivity contribution in [1.29, 1.82) is 0 Å². The minimum atomic E-state index is 0.244. The molecule has 0 bridgehead atoms. The third-order valence-corrected chi connectivity index (χ3v) is 2.73. The van der Waals surface area contributed by atoms with E-state index < -0.39 is 0 Å². The van der Waals surface area contributed by atoms with Crippen molar-refractivity contribution in [3.05, 3.63) is 17.4 Å². The molecule has 0 saturated heterocycles. The average molecular weight is 264 g/mol. The first-order valence-electron chi connectivity index (χ1n) is 6.47. The van der Waals surface area contributed by atoms with Gasteiger partial charge in [-0.3, -0.25) is 0 Å². The largest absolute Gasteiger partial charge is 0.381 e. The van der Waals surface area contributed by atoms with E-state index in [4.69, 9.17) is 10.3 Å². The molecule has 0 fully saturated rings. The predicted molar refractivity (Wildman–Crippen MR) is 70.5 cm³/mol. The number of nitrogens with zero attached hydrogens (tertiary/aromatic N) is 5. The van der Waals surface area contributed by atoms with Crippen LogP contribution < -0.4 is 5.73 Å². The zero-order chi connectivity index (χ0) is 14.0. The van der Waals surface area contributed by atoms with Crippen LogP contribution in [0.1, 0.15) is 51.0 Å². The number of hydrogen-bond donors (Lipinski definition) is 1. The Balaban J connectivity index is 2.15. The third kappa shape index (κ3) is 3.10. The zero-order valence-corrected chi connectivity index (χ0v) is 11.8. The lowest BCUT2D eigenvalue weighted by Gasteiger charge is -2.07. The maximum absolute atomic E-state index is 5.81. The van der Waals surface area contributed by atoms with Crippen LogP contribution in [0.4, 0.5) is 5.82 Å². The van der Waals surface area contributed by atoms with Gasteiger partial charge in [-0.1, -0.05) is 38.1 Å². The van der Waals surface area contributed by atoms with Crippen LogP contribution in [-0.2, 0) is 13.0 Å². The second-order valence-corrected chi connectivity index (χ2v) is 5.37. The molecule has 2 aromatic rings. The second-order valence-electron chi connectivity index (χ2n) is 5.37. The van der Waals surface area contributed by atoms with E-state index in [9.17, 15) is 0 Å². The normalized spacial score (nSPS) is 11.7. The summed E-state index contributed by atoms with van der Waals surface area (Å²) >= 11 is 0. The fourth-order valence-corrected chi connectivity index (χ4v) is 1.97. The van der Waals surface area contributed by atoms with E-state index in [0.29, 0.717) is 24.2 Å². The molecule has 2 rings (SSSR count). The van der Waals surface area contributed by atoms with Crippen molar-refractivity contribution in [2.75, 3.05) is 5.73 Å². The van der Waals surface area contributed by atoms with Crippen molar-refractivity contribution in [2.24, 2.45) is 5.92 Å². The monoisotopic (exact) mass is 264 g/mol. The van der Waals surface area contributed by atoms with Gasteiger partial charge in [-0.15, -0.1) is 5.10 Å². The Morgan fingerprint density at radius 1 is 1.26 bits per heavy atom. The Labute approximate surface area is 112 Å². The summed E-state index contributed by atoms with van der Waals surface area (Å²) in [4.78, 5) is 4.35. The topological polar surface area (TPSA) is 95.7 Å². The van der Waals surface area contributed by atoms with E-state index in [2.05, 4.69) is 34.3 Å². The molecule has 19 heavy (non-hydrogen) atoms. The molecule has 7 nitrogen and oxygen atoms in total. The summed E-state index contributed by atoms with van der Waals surface area (Å²) in [6, 6.07) is 0. The summed E-state index contributed by atoms with van der Waals surface area (Å²) in [7, 11) is 0. The number of nitrogens with two attached hydrogens (primary N) is 1. The number of anilines is 1. The van der Waals surface area contributed by atoms with Gasteiger partial charge in [0.05, 0.1) is 5.69 Å². The fraction of sp³-hybridized carbons (Fsp3) is 0.667. The first kappa shape index (κ1) is 13.5. The standard InChI is InChI=1S/C12H20N6O/c1-7(2)5-9-14-10(19-16-9)6-18-11(8(3)4)12(13)15-17-18/h7-8H,5-6,13H2,1-4H3. The molecule has 2 N–H and O–H groups in total. The van der Waals surface area contributed by atoms with Crippen molar-refractivity contribution in [2.45, 2.75) is 46.6 Å². The van der Waals surface area contributed by atoms with Gasteiger partial charge in [-0.2, -0.15) is 4.98 Å². The van der Waals surface area contributed by atoms with Gasteiger partial charge in [0.25, 0.3) is 0 Å². The van der Waals surface area contributed by atoms with Crippen LogP contribution in [0.2, 0.25) is 0 Å². The molecule has 0 spiro atoms. The Hall–Kier alpha value is -1.92. The van der Waals surface area contributed by atoms with Gasteiger partial charge in [-0.25, -0.2) is 4.68 Å². The highest BCUT2D eigenvalue weighted by Gasteiger charge is 2.16. The molecule has 0 radical (unpaired) electrons. The second kappa shape index (κ2) is 5.38. The van der Waals surface area contributed by atoms with Gasteiger partial charge >= 0.3 is 0 Å². The van der Waals surface area contributed by atoms with E-state index in [1.807, 2.05) is 13.8 Å². The Morgan fingerprint density at radius 3 is 2.63 bits per heavy atom. The molecule has 2 heterocycles. The quantitative estimate of drug-likeness (QED) is 0.881. The molecular formula is C12H20N6O. The first-order valence-corrected chi connectivity index (χ1v) is 6.47. The maximum Gasteiger partial charge on any atom is 0.248 e. The molecule has 0 aliphatic carbocycles. The van der Waals surface area contributed by atoms with Crippen molar-refractivity contribution in [3.63, 3.8) is 0 Å². The molecule has 104 valence electrons. The van der Waals surface area contributed by atoms with Crippen LogP contribution in [0.25, 0.3) is 0 Å². The van der Waals surface area contributed by atoms with Gasteiger partial charge in [-0.05, 0) is 11.8 Å². The SMILES string of the molecule is CC(C)Cc1noc(Cn2nnc(N)c2C(C)C)n1. The summed E-state index contributed by atoms with van der Waals surface area (Å²) in [6.07, 6.45) is 0.806. The number of nitrogen functional groups attached to an aromatic ring is 1. The molecule has 0 saturated carbocycles. The third-order valence-electron chi connectivity index (χ3n) is 2.73. The molecule has 0 aliphatic heterocycles. The molecule has 0 unspecified atom stereocenters. The van der Waals surface area contributed by atoms with Crippen molar-refractivity contribution < 1.29 is 4.52 Å². The van der Waals surface area contributed by atoms with Crippen molar-refractivity contribution >= 4 is 5.82 Å². The Bertz CT molecular complexity index is 542. The van der Waals surface area contributed by atoms with Crippen LogP contribution in [0.3, 0.4) is 0 Å². The van der Waals surface area contributed by atoms with E-state index in [1.165, 1.54) is 0 Å². The van der Waals surface area contributed by atoms with Crippen molar-refractivity contribution in [1.82, 2.24) is 25.1 Å². The van der Waals surface area contributed by atoms with Gasteiger partial charge < -0.3 is 10.3 Å². The summed E-state index contributed by atoms with van der Waals surface area (Å²) in [5.41, 5.74) is 6.70. The summed E-state index contributed by atoms with van der Waals surface area (Å²) in [6.45, 7) is 8.73. The van der Waals surface area contributed by atoms with E-state index in [1.54, 1.807) is 4.68 Å². The molecule has 2 aromatic heterocycles. The summed E-state index contributed by atoms with van der Waals surface area (Å²) in [5.74, 6) is 2.45. The summed E-state index contributed by atoms with van der Waals surface area (Å²) in [5, 5.41) is 11.9. The zero-order valence-electron chi connectivity index (χ0n) is 11.8. The summed E-state index contributed by atoms with van der Waals surface area (Å²) < 4.78 is 6.94.